The normalized spacial score (nSPS) is 9.70. The molecule has 0 unspecified atom stereocenters. The minimum absolute atomic E-state index is 0.354. The highest BCUT2D eigenvalue weighted by atomic mass is 127. The van der Waals surface area contributed by atoms with Crippen LogP contribution in [0, 0.1) is 0 Å². The highest BCUT2D eigenvalue weighted by Gasteiger charge is 2.06. The average molecular weight is 504 g/mol. The molecule has 0 aliphatic heterocycles. The molecule has 1 aromatic carbocycles. The molecule has 0 saturated heterocycles. The molecule has 1 aromatic rings. The number of carbonyl (C=O) groups excluding carboxylic acids is 2. The molecule has 0 aliphatic carbocycles. The lowest BCUT2D eigenvalue weighted by Gasteiger charge is -2.09. The zero-order valence-corrected chi connectivity index (χ0v) is 14.8. The molecule has 0 aliphatic rings. The zero-order chi connectivity index (χ0) is 14.8. The maximum absolute atomic E-state index is 11.4. The van der Waals surface area contributed by atoms with Crippen LogP contribution in [0.2, 0.25) is 0 Å². The molecule has 1 rings (SSSR count). The van der Waals surface area contributed by atoms with E-state index in [4.69, 9.17) is 9.47 Å². The number of hydrogen-bond donors (Lipinski definition) is 2. The van der Waals surface area contributed by atoms with Crippen molar-refractivity contribution >= 4 is 68.7 Å². The van der Waals surface area contributed by atoms with Crippen LogP contribution in [-0.2, 0) is 9.47 Å². The van der Waals surface area contributed by atoms with Crippen molar-refractivity contribution in [3.63, 3.8) is 0 Å². The first-order valence-corrected chi connectivity index (χ1v) is 8.80. The lowest BCUT2D eigenvalue weighted by atomic mass is 10.3. The van der Waals surface area contributed by atoms with Gasteiger partial charge in [0, 0.05) is 20.2 Å². The lowest BCUT2D eigenvalue weighted by molar-refractivity contribution is 0.169. The van der Waals surface area contributed by atoms with Crippen molar-refractivity contribution in [2.24, 2.45) is 0 Å². The molecular weight excluding hydrogens is 490 g/mol. The summed E-state index contributed by atoms with van der Waals surface area (Å²) >= 11 is 4.23. The van der Waals surface area contributed by atoms with Gasteiger partial charge in [0.15, 0.2) is 0 Å². The van der Waals surface area contributed by atoms with Crippen molar-refractivity contribution in [1.29, 1.82) is 0 Å². The van der Waals surface area contributed by atoms with Gasteiger partial charge in [-0.25, -0.2) is 9.59 Å². The van der Waals surface area contributed by atoms with Gasteiger partial charge in [-0.05, 0) is 18.2 Å². The summed E-state index contributed by atoms with van der Waals surface area (Å²) in [6.07, 6.45) is -1.04. The van der Waals surface area contributed by atoms with Crippen molar-refractivity contribution < 1.29 is 19.1 Å². The molecule has 2 N–H and O–H groups in total. The second kappa shape index (κ2) is 10.0. The minimum atomic E-state index is -0.522. The van der Waals surface area contributed by atoms with E-state index in [1.165, 1.54) is 0 Å². The summed E-state index contributed by atoms with van der Waals surface area (Å²) in [5.41, 5.74) is 1.07. The van der Waals surface area contributed by atoms with E-state index in [0.29, 0.717) is 24.6 Å². The number of rotatable bonds is 6. The Kier molecular flexibility index (Phi) is 8.65. The van der Waals surface area contributed by atoms with Gasteiger partial charge >= 0.3 is 12.2 Å². The summed E-state index contributed by atoms with van der Waals surface area (Å²) in [5.74, 6) is 0. The highest BCUT2D eigenvalue weighted by Crippen LogP contribution is 2.15. The first-order valence-electron chi connectivity index (χ1n) is 5.75. The van der Waals surface area contributed by atoms with Gasteiger partial charge in [-0.2, -0.15) is 0 Å². The Morgan fingerprint density at radius 3 is 1.80 bits per heavy atom. The van der Waals surface area contributed by atoms with E-state index in [2.05, 4.69) is 55.8 Å². The second-order valence-corrected chi connectivity index (χ2v) is 5.64. The Morgan fingerprint density at radius 1 is 0.950 bits per heavy atom. The Morgan fingerprint density at radius 2 is 1.40 bits per heavy atom. The monoisotopic (exact) mass is 504 g/mol. The molecule has 2 amide bonds. The van der Waals surface area contributed by atoms with Gasteiger partial charge in [-0.3, -0.25) is 10.6 Å². The van der Waals surface area contributed by atoms with Crippen LogP contribution in [0.4, 0.5) is 21.0 Å². The van der Waals surface area contributed by atoms with Crippen LogP contribution in [0.15, 0.2) is 24.3 Å². The molecular formula is C12H14I2N2O4. The van der Waals surface area contributed by atoms with E-state index < -0.39 is 12.2 Å². The third-order valence-electron chi connectivity index (χ3n) is 1.98. The van der Waals surface area contributed by atoms with Crippen LogP contribution in [0.25, 0.3) is 0 Å². The number of hydrogen-bond acceptors (Lipinski definition) is 4. The predicted octanol–water partition coefficient (Wildman–Crippen LogP) is 3.65. The molecule has 0 heterocycles. The summed E-state index contributed by atoms with van der Waals surface area (Å²) in [7, 11) is 0. The van der Waals surface area contributed by atoms with Crippen LogP contribution in [0.1, 0.15) is 0 Å². The standard InChI is InChI=1S/C12H14I2N2O4/c13-4-6-19-11(17)15-9-2-1-3-10(8-9)16-12(18)20-7-5-14/h1-3,8H,4-7H2,(H,15,17)(H,16,18). The Labute approximate surface area is 144 Å². The van der Waals surface area contributed by atoms with Crippen molar-refractivity contribution in [3.8, 4) is 0 Å². The molecule has 20 heavy (non-hydrogen) atoms. The molecule has 0 spiro atoms. The number of alkyl halides is 2. The predicted molar refractivity (Wildman–Crippen MR) is 94.2 cm³/mol. The van der Waals surface area contributed by atoms with E-state index in [0.717, 1.165) is 8.86 Å². The van der Waals surface area contributed by atoms with Gasteiger partial charge in [0.2, 0.25) is 0 Å². The van der Waals surface area contributed by atoms with E-state index in [-0.39, 0.29) is 0 Å². The number of halogens is 2. The van der Waals surface area contributed by atoms with Gasteiger partial charge in [-0.1, -0.05) is 51.2 Å². The number of carbonyl (C=O) groups is 2. The third-order valence-corrected chi connectivity index (χ3v) is 2.86. The Hall–Kier alpha value is -0.780. The molecule has 110 valence electrons. The fraction of sp³-hybridized carbons (Fsp3) is 0.333. The largest absolute Gasteiger partial charge is 0.448 e. The Balaban J connectivity index is 2.52. The minimum Gasteiger partial charge on any atom is -0.448 e. The molecule has 0 radical (unpaired) electrons. The number of benzene rings is 1. The van der Waals surface area contributed by atoms with Gasteiger partial charge in [0.1, 0.15) is 13.2 Å². The van der Waals surface area contributed by atoms with Crippen LogP contribution in [0.3, 0.4) is 0 Å². The van der Waals surface area contributed by atoms with Crippen LogP contribution in [0.5, 0.6) is 0 Å². The first kappa shape index (κ1) is 17.3. The van der Waals surface area contributed by atoms with Crippen molar-refractivity contribution in [1.82, 2.24) is 0 Å². The van der Waals surface area contributed by atoms with Gasteiger partial charge < -0.3 is 9.47 Å². The average Bonchev–Trinajstić information content (AvgIpc) is 2.43. The molecule has 0 saturated carbocycles. The lowest BCUT2D eigenvalue weighted by Crippen LogP contribution is -2.16. The van der Waals surface area contributed by atoms with E-state index in [1.54, 1.807) is 24.3 Å². The molecule has 6 nitrogen and oxygen atoms in total. The first-order chi connectivity index (χ1) is 9.65. The molecule has 0 fully saturated rings. The Bertz CT molecular complexity index is 420. The molecule has 8 heteroatoms. The highest BCUT2D eigenvalue weighted by molar-refractivity contribution is 14.1. The number of ether oxygens (including phenoxy) is 2. The molecule has 0 bridgehead atoms. The SMILES string of the molecule is O=C(Nc1cccc(NC(=O)OCCI)c1)OCCI. The summed E-state index contributed by atoms with van der Waals surface area (Å²) in [5, 5.41) is 5.15. The summed E-state index contributed by atoms with van der Waals surface area (Å²) in [6, 6.07) is 6.73. The maximum Gasteiger partial charge on any atom is 0.411 e. The van der Waals surface area contributed by atoms with Gasteiger partial charge in [0.25, 0.3) is 0 Å². The number of amides is 2. The zero-order valence-electron chi connectivity index (χ0n) is 10.5. The fourth-order valence-corrected chi connectivity index (χ4v) is 1.69. The molecule has 0 aromatic heterocycles. The van der Waals surface area contributed by atoms with Crippen molar-refractivity contribution in [2.75, 3.05) is 32.7 Å². The molecule has 0 atom stereocenters. The summed E-state index contributed by atoms with van der Waals surface area (Å²) in [6.45, 7) is 0.708. The van der Waals surface area contributed by atoms with Crippen LogP contribution in [-0.4, -0.2) is 34.3 Å². The number of nitrogens with one attached hydrogen (secondary N) is 2. The summed E-state index contributed by atoms with van der Waals surface area (Å²) in [4.78, 5) is 22.8. The third kappa shape index (κ3) is 7.12. The second-order valence-electron chi connectivity index (χ2n) is 3.48. The number of anilines is 2. The summed E-state index contributed by atoms with van der Waals surface area (Å²) < 4.78 is 11.3. The van der Waals surface area contributed by atoms with Crippen LogP contribution >= 0.6 is 45.2 Å². The van der Waals surface area contributed by atoms with E-state index >= 15 is 0 Å². The van der Waals surface area contributed by atoms with Crippen molar-refractivity contribution in [2.45, 2.75) is 0 Å². The van der Waals surface area contributed by atoms with Gasteiger partial charge in [-0.15, -0.1) is 0 Å². The smallest absolute Gasteiger partial charge is 0.411 e. The maximum atomic E-state index is 11.4. The fourth-order valence-electron chi connectivity index (χ4n) is 1.25. The van der Waals surface area contributed by atoms with Gasteiger partial charge in [0.05, 0.1) is 0 Å². The van der Waals surface area contributed by atoms with E-state index in [1.807, 2.05) is 0 Å². The quantitative estimate of drug-likeness (QED) is 0.459. The topological polar surface area (TPSA) is 76.7 Å². The van der Waals surface area contributed by atoms with Crippen molar-refractivity contribution in [3.05, 3.63) is 24.3 Å². The van der Waals surface area contributed by atoms with Crippen LogP contribution < -0.4 is 10.6 Å². The van der Waals surface area contributed by atoms with E-state index in [9.17, 15) is 9.59 Å².